The molecule has 1 aromatic carbocycles. The lowest BCUT2D eigenvalue weighted by atomic mass is 9.94. The van der Waals surface area contributed by atoms with Crippen LogP contribution in [0.4, 0.5) is 0 Å². The van der Waals surface area contributed by atoms with Crippen molar-refractivity contribution < 1.29 is 14.3 Å². The molecule has 1 fully saturated rings. The molecule has 6 nitrogen and oxygen atoms in total. The Hall–Kier alpha value is -1.71. The fraction of sp³-hybridized carbons (Fsp3) is 0.474. The monoisotopic (exact) mass is 437 g/mol. The minimum absolute atomic E-state index is 0.157. The van der Waals surface area contributed by atoms with Crippen LogP contribution >= 0.6 is 35.3 Å². The zero-order valence-corrected chi connectivity index (χ0v) is 18.4. The van der Waals surface area contributed by atoms with Crippen LogP contribution in [-0.4, -0.2) is 52.5 Å². The van der Waals surface area contributed by atoms with Gasteiger partial charge in [-0.3, -0.25) is 4.79 Å². The van der Waals surface area contributed by atoms with Gasteiger partial charge in [0.25, 0.3) is 5.91 Å². The number of amides is 1. The van der Waals surface area contributed by atoms with Crippen LogP contribution in [0.3, 0.4) is 0 Å². The Bertz CT molecular complexity index is 886. The maximum absolute atomic E-state index is 12.3. The Labute approximate surface area is 177 Å². The number of ether oxygens (including phenoxy) is 1. The summed E-state index contributed by atoms with van der Waals surface area (Å²) in [7, 11) is 1.79. The second-order valence-corrected chi connectivity index (χ2v) is 9.35. The molecule has 1 aliphatic rings. The standard InChI is InChI=1S/C19H23N3O3S3/c1-21(14-6-4-3-5-7-14)16(23)12-25-17(24)13-8-10-15(11-9-13)22-19(26)28-18(20-22)27-2/h8-11,14H,3-7,12H2,1-2H3. The van der Waals surface area contributed by atoms with E-state index >= 15 is 0 Å². The third-order valence-corrected chi connectivity index (χ3v) is 7.10. The summed E-state index contributed by atoms with van der Waals surface area (Å²) in [4.78, 5) is 26.3. The molecule has 0 atom stereocenters. The summed E-state index contributed by atoms with van der Waals surface area (Å²) in [5, 5.41) is 4.42. The average molecular weight is 438 g/mol. The molecule has 1 heterocycles. The van der Waals surface area contributed by atoms with Gasteiger partial charge in [-0.05, 0) is 55.6 Å². The molecule has 1 amide bonds. The minimum Gasteiger partial charge on any atom is -0.452 e. The van der Waals surface area contributed by atoms with Gasteiger partial charge in [-0.15, -0.1) is 5.10 Å². The maximum atomic E-state index is 12.3. The van der Waals surface area contributed by atoms with E-state index in [2.05, 4.69) is 5.10 Å². The highest BCUT2D eigenvalue weighted by atomic mass is 32.2. The van der Waals surface area contributed by atoms with Crippen LogP contribution < -0.4 is 0 Å². The normalized spacial score (nSPS) is 14.6. The molecule has 0 bridgehead atoms. The summed E-state index contributed by atoms with van der Waals surface area (Å²) in [6, 6.07) is 7.12. The van der Waals surface area contributed by atoms with Crippen molar-refractivity contribution in [2.45, 2.75) is 42.5 Å². The van der Waals surface area contributed by atoms with Crippen LogP contribution in [0.1, 0.15) is 42.5 Å². The van der Waals surface area contributed by atoms with E-state index in [9.17, 15) is 9.59 Å². The van der Waals surface area contributed by atoms with Crippen molar-refractivity contribution in [3.63, 3.8) is 0 Å². The molecule has 150 valence electrons. The van der Waals surface area contributed by atoms with Gasteiger partial charge in [-0.1, -0.05) is 42.4 Å². The second-order valence-electron chi connectivity index (χ2n) is 6.67. The van der Waals surface area contributed by atoms with Crippen LogP contribution in [0.15, 0.2) is 28.6 Å². The van der Waals surface area contributed by atoms with Gasteiger partial charge >= 0.3 is 5.97 Å². The molecule has 0 unspecified atom stereocenters. The van der Waals surface area contributed by atoms with E-state index in [0.717, 1.165) is 35.7 Å². The van der Waals surface area contributed by atoms with Gasteiger partial charge in [0, 0.05) is 13.1 Å². The van der Waals surface area contributed by atoms with Crippen molar-refractivity contribution in [3.05, 3.63) is 33.8 Å². The number of carbonyl (C=O) groups is 2. The van der Waals surface area contributed by atoms with Crippen molar-refractivity contribution >= 4 is 47.2 Å². The van der Waals surface area contributed by atoms with E-state index in [1.54, 1.807) is 40.9 Å². The van der Waals surface area contributed by atoms with E-state index in [4.69, 9.17) is 17.0 Å². The fourth-order valence-corrected chi connectivity index (χ4v) is 5.01. The predicted molar refractivity (Wildman–Crippen MR) is 114 cm³/mol. The van der Waals surface area contributed by atoms with Crippen molar-refractivity contribution in [3.8, 4) is 5.69 Å². The molecule has 0 spiro atoms. The lowest BCUT2D eigenvalue weighted by Gasteiger charge is -2.31. The number of aromatic nitrogens is 2. The van der Waals surface area contributed by atoms with E-state index < -0.39 is 5.97 Å². The Balaban J connectivity index is 1.57. The summed E-state index contributed by atoms with van der Waals surface area (Å²) in [6.45, 7) is -0.234. The van der Waals surface area contributed by atoms with E-state index in [0.29, 0.717) is 9.52 Å². The fourth-order valence-electron chi connectivity index (χ4n) is 3.23. The topological polar surface area (TPSA) is 64.4 Å². The number of rotatable bonds is 6. The summed E-state index contributed by atoms with van der Waals surface area (Å²) >= 11 is 8.31. The number of esters is 1. The van der Waals surface area contributed by atoms with Crippen LogP contribution in [0, 0.1) is 3.95 Å². The highest BCUT2D eigenvalue weighted by Gasteiger charge is 2.23. The Kier molecular flexibility index (Phi) is 7.25. The molecular formula is C19H23N3O3S3. The van der Waals surface area contributed by atoms with Gasteiger partial charge in [0.15, 0.2) is 14.9 Å². The maximum Gasteiger partial charge on any atom is 0.338 e. The van der Waals surface area contributed by atoms with Gasteiger partial charge in [0.05, 0.1) is 11.3 Å². The SMILES string of the molecule is CSc1nn(-c2ccc(C(=O)OCC(=O)N(C)C3CCCCC3)cc2)c(=S)s1. The molecule has 1 aromatic heterocycles. The molecule has 0 saturated heterocycles. The molecule has 28 heavy (non-hydrogen) atoms. The predicted octanol–water partition coefficient (Wildman–Crippen LogP) is 4.33. The van der Waals surface area contributed by atoms with E-state index in [1.165, 1.54) is 29.5 Å². The first-order valence-corrected chi connectivity index (χ1v) is 11.6. The number of carbonyl (C=O) groups excluding carboxylic acids is 2. The summed E-state index contributed by atoms with van der Waals surface area (Å²) < 4.78 is 8.42. The first-order valence-electron chi connectivity index (χ1n) is 9.17. The lowest BCUT2D eigenvalue weighted by molar-refractivity contribution is -0.135. The van der Waals surface area contributed by atoms with Crippen molar-refractivity contribution in [1.29, 1.82) is 0 Å². The number of hydrogen-bond acceptors (Lipinski definition) is 7. The zero-order valence-electron chi connectivity index (χ0n) is 15.9. The molecule has 0 N–H and O–H groups in total. The van der Waals surface area contributed by atoms with Gasteiger partial charge in [0.1, 0.15) is 0 Å². The molecule has 9 heteroatoms. The number of nitrogens with zero attached hydrogens (tertiary/aromatic N) is 3. The first kappa shape index (κ1) is 21.0. The molecular weight excluding hydrogens is 414 g/mol. The van der Waals surface area contributed by atoms with Crippen molar-refractivity contribution in [2.24, 2.45) is 0 Å². The quantitative estimate of drug-likeness (QED) is 0.381. The molecule has 1 aliphatic carbocycles. The molecule has 3 rings (SSSR count). The highest BCUT2D eigenvalue weighted by Crippen LogP contribution is 2.23. The summed E-state index contributed by atoms with van der Waals surface area (Å²) in [5.74, 6) is -0.668. The Morgan fingerprint density at radius 2 is 1.96 bits per heavy atom. The highest BCUT2D eigenvalue weighted by molar-refractivity contribution is 8.00. The number of benzene rings is 1. The third-order valence-electron chi connectivity index (χ3n) is 4.89. The van der Waals surface area contributed by atoms with Crippen molar-refractivity contribution in [1.82, 2.24) is 14.7 Å². The number of hydrogen-bond donors (Lipinski definition) is 0. The van der Waals surface area contributed by atoms with E-state index in [-0.39, 0.29) is 18.6 Å². The average Bonchev–Trinajstić information content (AvgIpc) is 3.12. The van der Waals surface area contributed by atoms with Crippen LogP contribution in [0.5, 0.6) is 0 Å². The van der Waals surface area contributed by atoms with Crippen LogP contribution in [0.2, 0.25) is 0 Å². The van der Waals surface area contributed by atoms with Gasteiger partial charge < -0.3 is 9.64 Å². The molecule has 0 radical (unpaired) electrons. The second kappa shape index (κ2) is 9.67. The van der Waals surface area contributed by atoms with Crippen molar-refractivity contribution in [2.75, 3.05) is 19.9 Å². The van der Waals surface area contributed by atoms with Crippen LogP contribution in [0.25, 0.3) is 5.69 Å². The third kappa shape index (κ3) is 5.01. The number of thioether (sulfide) groups is 1. The van der Waals surface area contributed by atoms with Gasteiger partial charge in [-0.25, -0.2) is 9.48 Å². The zero-order chi connectivity index (χ0) is 20.1. The van der Waals surface area contributed by atoms with Gasteiger partial charge in [-0.2, -0.15) is 0 Å². The summed E-state index contributed by atoms with van der Waals surface area (Å²) in [6.07, 6.45) is 7.52. The first-order chi connectivity index (χ1) is 13.5. The minimum atomic E-state index is -0.511. The lowest BCUT2D eigenvalue weighted by Crippen LogP contribution is -2.40. The van der Waals surface area contributed by atoms with E-state index in [1.807, 2.05) is 6.26 Å². The summed E-state index contributed by atoms with van der Waals surface area (Å²) in [5.41, 5.74) is 1.18. The van der Waals surface area contributed by atoms with Gasteiger partial charge in [0.2, 0.25) is 0 Å². The van der Waals surface area contributed by atoms with Crippen LogP contribution in [-0.2, 0) is 9.53 Å². The molecule has 2 aromatic rings. The Morgan fingerprint density at radius 1 is 1.29 bits per heavy atom. The Morgan fingerprint density at radius 3 is 2.57 bits per heavy atom. The smallest absolute Gasteiger partial charge is 0.338 e. The largest absolute Gasteiger partial charge is 0.452 e. The molecule has 0 aliphatic heterocycles. The number of likely N-dealkylation sites (N-methyl/N-ethyl adjacent to an activating group) is 1. The molecule has 1 saturated carbocycles.